The summed E-state index contributed by atoms with van der Waals surface area (Å²) >= 11 is 0. The van der Waals surface area contributed by atoms with E-state index in [4.69, 9.17) is 5.21 Å². The Hall–Kier alpha value is -1.58. The topological polar surface area (TPSA) is 35.5 Å². The van der Waals surface area contributed by atoms with Crippen LogP contribution in [0.15, 0.2) is 60.9 Å². The molecule has 0 radical (unpaired) electrons. The molecule has 17 heavy (non-hydrogen) atoms. The summed E-state index contributed by atoms with van der Waals surface area (Å²) in [6.45, 7) is 14.5. The van der Waals surface area contributed by atoms with Crippen molar-refractivity contribution in [3.63, 3.8) is 0 Å². The van der Waals surface area contributed by atoms with E-state index in [1.54, 1.807) is 6.08 Å². The first-order chi connectivity index (χ1) is 8.01. The highest BCUT2D eigenvalue weighted by molar-refractivity contribution is 5.26. The van der Waals surface area contributed by atoms with E-state index in [0.29, 0.717) is 6.54 Å². The molecule has 0 fully saturated rings. The van der Waals surface area contributed by atoms with Crippen molar-refractivity contribution in [2.75, 3.05) is 20.1 Å². The second-order valence-corrected chi connectivity index (χ2v) is 3.88. The zero-order valence-electron chi connectivity index (χ0n) is 10.7. The second-order valence-electron chi connectivity index (χ2n) is 3.88. The monoisotopic (exact) mass is 234 g/mol. The van der Waals surface area contributed by atoms with Gasteiger partial charge < -0.3 is 10.1 Å². The van der Waals surface area contributed by atoms with Crippen molar-refractivity contribution in [2.24, 2.45) is 0 Å². The van der Waals surface area contributed by atoms with Crippen LogP contribution < -0.4 is 5.48 Å². The third-order valence-electron chi connectivity index (χ3n) is 2.26. The van der Waals surface area contributed by atoms with E-state index in [-0.39, 0.29) is 0 Å². The normalized spacial score (nSPS) is 11.6. The number of rotatable bonds is 8. The van der Waals surface area contributed by atoms with Crippen molar-refractivity contribution in [1.82, 2.24) is 10.4 Å². The van der Waals surface area contributed by atoms with E-state index in [0.717, 1.165) is 23.4 Å². The lowest BCUT2D eigenvalue weighted by molar-refractivity contribution is 0.178. The molecule has 0 aromatic heterocycles. The van der Waals surface area contributed by atoms with Crippen LogP contribution in [-0.4, -0.2) is 30.2 Å². The van der Waals surface area contributed by atoms with Crippen LogP contribution >= 0.6 is 0 Å². The number of hydrogen-bond acceptors (Lipinski definition) is 3. The maximum absolute atomic E-state index is 8.49. The Balaban J connectivity index is 4.23. The summed E-state index contributed by atoms with van der Waals surface area (Å²) in [5, 5.41) is 8.49. The van der Waals surface area contributed by atoms with E-state index < -0.39 is 0 Å². The smallest absolute Gasteiger partial charge is 0.0452 e. The van der Waals surface area contributed by atoms with E-state index in [1.807, 2.05) is 32.2 Å². The summed E-state index contributed by atoms with van der Waals surface area (Å²) in [5.41, 5.74) is 4.96. The number of hydroxylamine groups is 1. The van der Waals surface area contributed by atoms with Crippen LogP contribution in [0, 0.1) is 0 Å². The van der Waals surface area contributed by atoms with Gasteiger partial charge in [-0.3, -0.25) is 0 Å². The molecule has 0 aliphatic rings. The molecule has 0 aromatic carbocycles. The molecule has 3 nitrogen and oxygen atoms in total. The summed E-state index contributed by atoms with van der Waals surface area (Å²) in [6.07, 6.45) is 7.45. The summed E-state index contributed by atoms with van der Waals surface area (Å²) < 4.78 is 0. The highest BCUT2D eigenvalue weighted by atomic mass is 16.5. The first kappa shape index (κ1) is 15.4. The summed E-state index contributed by atoms with van der Waals surface area (Å²) in [7, 11) is 2.00. The Morgan fingerprint density at radius 2 is 1.88 bits per heavy atom. The first-order valence-corrected chi connectivity index (χ1v) is 5.42. The van der Waals surface area contributed by atoms with Crippen molar-refractivity contribution < 1.29 is 5.21 Å². The van der Waals surface area contributed by atoms with Crippen molar-refractivity contribution >= 4 is 0 Å². The van der Waals surface area contributed by atoms with Crippen LogP contribution in [0.5, 0.6) is 0 Å². The lowest BCUT2D eigenvalue weighted by Crippen LogP contribution is -2.18. The van der Waals surface area contributed by atoms with Crippen molar-refractivity contribution in [1.29, 1.82) is 0 Å². The zero-order valence-corrected chi connectivity index (χ0v) is 10.7. The Kier molecular flexibility index (Phi) is 7.76. The zero-order chi connectivity index (χ0) is 13.3. The Morgan fingerprint density at radius 3 is 2.41 bits per heavy atom. The van der Waals surface area contributed by atoms with Gasteiger partial charge in [0.2, 0.25) is 0 Å². The molecule has 2 N–H and O–H groups in total. The Bertz CT molecular complexity index is 340. The van der Waals surface area contributed by atoms with Gasteiger partial charge in [0, 0.05) is 25.8 Å². The van der Waals surface area contributed by atoms with Gasteiger partial charge in [0.1, 0.15) is 0 Å². The van der Waals surface area contributed by atoms with E-state index in [9.17, 15) is 0 Å². The SMILES string of the molecule is C=CC=C(C)N(C)CC(=C)C=CC(=C)CNO. The average molecular weight is 234 g/mol. The lowest BCUT2D eigenvalue weighted by Gasteiger charge is -2.19. The summed E-state index contributed by atoms with van der Waals surface area (Å²) in [6, 6.07) is 0. The molecule has 0 saturated heterocycles. The van der Waals surface area contributed by atoms with Crippen LogP contribution in [0.3, 0.4) is 0 Å². The van der Waals surface area contributed by atoms with Crippen LogP contribution in [0.1, 0.15) is 6.92 Å². The molecule has 3 heteroatoms. The Labute approximate surface area is 104 Å². The van der Waals surface area contributed by atoms with Crippen molar-refractivity contribution in [3.05, 3.63) is 60.9 Å². The summed E-state index contributed by atoms with van der Waals surface area (Å²) in [5.74, 6) is 0. The molecular formula is C14H22N2O. The highest BCUT2D eigenvalue weighted by Crippen LogP contribution is 2.05. The van der Waals surface area contributed by atoms with Crippen LogP contribution in [0.4, 0.5) is 0 Å². The molecule has 0 rings (SSSR count). The molecule has 94 valence electrons. The maximum Gasteiger partial charge on any atom is 0.0452 e. The molecule has 0 atom stereocenters. The molecule has 0 unspecified atom stereocenters. The van der Waals surface area contributed by atoms with Crippen LogP contribution in [0.2, 0.25) is 0 Å². The molecule has 0 heterocycles. The summed E-state index contributed by atoms with van der Waals surface area (Å²) in [4.78, 5) is 2.08. The standard InChI is InChI=1S/C14H22N2O/c1-6-7-14(4)16(5)11-13(3)9-8-12(2)10-15-17/h6-9,15,17H,1-3,10-11H2,4-5H3. The fourth-order valence-corrected chi connectivity index (χ4v) is 1.18. The molecule has 0 aliphatic carbocycles. The predicted octanol–water partition coefficient (Wildman–Crippen LogP) is 2.66. The number of allylic oxidation sites excluding steroid dienone is 3. The number of nitrogens with one attached hydrogen (secondary N) is 1. The minimum Gasteiger partial charge on any atom is -0.374 e. The average Bonchev–Trinajstić information content (AvgIpc) is 2.27. The van der Waals surface area contributed by atoms with Gasteiger partial charge in [-0.2, -0.15) is 0 Å². The molecule has 0 saturated carbocycles. The second kappa shape index (κ2) is 8.56. The van der Waals surface area contributed by atoms with E-state index >= 15 is 0 Å². The third-order valence-corrected chi connectivity index (χ3v) is 2.26. The van der Waals surface area contributed by atoms with Crippen molar-refractivity contribution in [3.8, 4) is 0 Å². The van der Waals surface area contributed by atoms with Gasteiger partial charge in [-0.05, 0) is 24.1 Å². The van der Waals surface area contributed by atoms with Crippen LogP contribution in [-0.2, 0) is 0 Å². The minimum atomic E-state index is 0.356. The number of hydrogen-bond donors (Lipinski definition) is 2. The fourth-order valence-electron chi connectivity index (χ4n) is 1.18. The number of likely N-dealkylation sites (N-methyl/N-ethyl adjacent to an activating group) is 1. The Morgan fingerprint density at radius 1 is 1.29 bits per heavy atom. The molecule has 0 aliphatic heterocycles. The molecule has 0 aromatic rings. The van der Waals surface area contributed by atoms with Crippen molar-refractivity contribution in [2.45, 2.75) is 6.92 Å². The quantitative estimate of drug-likeness (QED) is 0.500. The van der Waals surface area contributed by atoms with Gasteiger partial charge in [-0.1, -0.05) is 38.0 Å². The largest absolute Gasteiger partial charge is 0.374 e. The van der Waals surface area contributed by atoms with Gasteiger partial charge in [0.15, 0.2) is 0 Å². The maximum atomic E-state index is 8.49. The third kappa shape index (κ3) is 7.33. The van der Waals surface area contributed by atoms with Gasteiger partial charge in [-0.15, -0.1) is 0 Å². The van der Waals surface area contributed by atoms with Gasteiger partial charge in [0.25, 0.3) is 0 Å². The lowest BCUT2D eigenvalue weighted by atomic mass is 10.2. The number of nitrogens with zero attached hydrogens (tertiary/aromatic N) is 1. The fraction of sp³-hybridized carbons (Fsp3) is 0.286. The van der Waals surface area contributed by atoms with E-state index in [2.05, 4.69) is 30.1 Å². The van der Waals surface area contributed by atoms with Gasteiger partial charge in [-0.25, -0.2) is 5.48 Å². The first-order valence-electron chi connectivity index (χ1n) is 5.42. The highest BCUT2D eigenvalue weighted by Gasteiger charge is 1.98. The molecule has 0 spiro atoms. The predicted molar refractivity (Wildman–Crippen MR) is 73.8 cm³/mol. The molecule has 0 amide bonds. The van der Waals surface area contributed by atoms with Gasteiger partial charge in [0.05, 0.1) is 0 Å². The van der Waals surface area contributed by atoms with Gasteiger partial charge >= 0.3 is 0 Å². The molecule has 0 bridgehead atoms. The van der Waals surface area contributed by atoms with Crippen LogP contribution in [0.25, 0.3) is 0 Å². The minimum absolute atomic E-state index is 0.356. The van der Waals surface area contributed by atoms with E-state index in [1.165, 1.54) is 0 Å². The molecular weight excluding hydrogens is 212 g/mol.